The number of nitrogens with zero attached hydrogens (tertiary/aromatic N) is 4. The van der Waals surface area contributed by atoms with Gasteiger partial charge in [-0.05, 0) is 126 Å². The fraction of sp³-hybridized carbons (Fsp3) is 0.0968. The molecule has 0 fully saturated rings. The fourth-order valence-electron chi connectivity index (χ4n) is 9.80. The molecule has 2 unspecified atom stereocenters. The highest BCUT2D eigenvalue weighted by atomic mass is 32.1. The van der Waals surface area contributed by atoms with Crippen LogP contribution in [0.5, 0.6) is 23.0 Å². The van der Waals surface area contributed by atoms with Crippen molar-refractivity contribution in [3.63, 3.8) is 0 Å². The van der Waals surface area contributed by atoms with E-state index < -0.39 is 0 Å². The van der Waals surface area contributed by atoms with Crippen LogP contribution in [0.2, 0.25) is 0 Å². The number of rotatable bonds is 14. The van der Waals surface area contributed by atoms with Gasteiger partial charge in [0.15, 0.2) is 0 Å². The minimum atomic E-state index is -0.262. The van der Waals surface area contributed by atoms with E-state index in [9.17, 15) is 0 Å². The molecule has 72 heavy (non-hydrogen) atoms. The van der Waals surface area contributed by atoms with Gasteiger partial charge in [0.05, 0.1) is 51.1 Å². The van der Waals surface area contributed by atoms with E-state index in [1.807, 2.05) is 48.5 Å². The van der Waals surface area contributed by atoms with Gasteiger partial charge in [0.25, 0.3) is 0 Å². The second kappa shape index (κ2) is 20.5. The third-order valence-electron chi connectivity index (χ3n) is 13.3. The molecule has 8 aromatic carbocycles. The van der Waals surface area contributed by atoms with Crippen LogP contribution in [0.25, 0.3) is 33.4 Å². The molecule has 2 atom stereocenters. The van der Waals surface area contributed by atoms with Crippen LogP contribution in [0.4, 0.5) is 0 Å². The summed E-state index contributed by atoms with van der Waals surface area (Å²) in [4.78, 5) is 0. The molecule has 0 amide bonds. The molecule has 0 aromatic heterocycles. The van der Waals surface area contributed by atoms with Crippen molar-refractivity contribution in [1.29, 1.82) is 0 Å². The number of methoxy groups -OCH3 is 4. The molecule has 0 radical (unpaired) electrons. The average molecular weight is 977 g/mol. The first-order valence-corrected chi connectivity index (χ1v) is 25.0. The van der Waals surface area contributed by atoms with Crippen LogP contribution in [0.1, 0.15) is 55.6 Å². The normalized spacial score (nSPS) is 15.2. The largest absolute Gasteiger partial charge is 0.497 e. The van der Waals surface area contributed by atoms with Crippen molar-refractivity contribution < 1.29 is 18.9 Å². The van der Waals surface area contributed by atoms with Gasteiger partial charge >= 0.3 is 0 Å². The smallest absolute Gasteiger partial charge is 0.119 e. The van der Waals surface area contributed by atoms with Crippen molar-refractivity contribution in [2.75, 3.05) is 28.4 Å². The molecule has 11 rings (SSSR count). The van der Waals surface area contributed by atoms with Crippen molar-refractivity contribution in [2.45, 2.75) is 12.1 Å². The van der Waals surface area contributed by atoms with Gasteiger partial charge in [-0.1, -0.05) is 158 Å². The topological polar surface area (TPSA) is 86.4 Å². The third kappa shape index (κ3) is 8.87. The predicted octanol–water partition coefficient (Wildman–Crippen LogP) is 14.5. The van der Waals surface area contributed by atoms with Crippen molar-refractivity contribution in [3.8, 4) is 23.0 Å². The van der Waals surface area contributed by atoms with Gasteiger partial charge in [0, 0.05) is 11.1 Å². The van der Waals surface area contributed by atoms with E-state index in [0.717, 1.165) is 123 Å². The zero-order chi connectivity index (χ0) is 49.0. The summed E-state index contributed by atoms with van der Waals surface area (Å²) >= 11 is 2.50. The maximum Gasteiger partial charge on any atom is 0.119 e. The van der Waals surface area contributed by atoms with Crippen LogP contribution in [0.3, 0.4) is 0 Å². The van der Waals surface area contributed by atoms with E-state index in [2.05, 4.69) is 158 Å². The zero-order valence-electron chi connectivity index (χ0n) is 40.0. The molecule has 0 spiro atoms. The monoisotopic (exact) mass is 976 g/mol. The van der Waals surface area contributed by atoms with E-state index in [1.165, 1.54) is 22.7 Å². The minimum absolute atomic E-state index is 0.262. The molecule has 0 saturated heterocycles. The molecule has 352 valence electrons. The summed E-state index contributed by atoms with van der Waals surface area (Å²) in [6, 6.07) is 71.3. The van der Waals surface area contributed by atoms with E-state index in [0.29, 0.717) is 0 Å². The van der Waals surface area contributed by atoms with Gasteiger partial charge in [0.1, 0.15) is 46.5 Å². The summed E-state index contributed by atoms with van der Waals surface area (Å²) in [6.07, 6.45) is 0. The van der Waals surface area contributed by atoms with Crippen molar-refractivity contribution >= 4 is 56.1 Å². The van der Waals surface area contributed by atoms with Gasteiger partial charge in [-0.15, -0.1) is 0 Å². The van der Waals surface area contributed by atoms with E-state index in [1.54, 1.807) is 28.4 Å². The molecule has 3 aliphatic rings. The highest BCUT2D eigenvalue weighted by Crippen LogP contribution is 2.48. The summed E-state index contributed by atoms with van der Waals surface area (Å²) in [5.41, 5.74) is 18.8. The first kappa shape index (κ1) is 46.0. The zero-order valence-corrected chi connectivity index (χ0v) is 41.7. The molecule has 8 nitrogen and oxygen atoms in total. The van der Waals surface area contributed by atoms with Crippen molar-refractivity contribution in [1.82, 2.24) is 0 Å². The molecular weight excluding hydrogens is 929 g/mol. The van der Waals surface area contributed by atoms with E-state index in [-0.39, 0.29) is 12.1 Å². The molecular formula is C62H48N4O4S2. The van der Waals surface area contributed by atoms with Crippen molar-refractivity contribution in [2.24, 2.45) is 17.5 Å². The lowest BCUT2D eigenvalue weighted by atomic mass is 9.79. The lowest BCUT2D eigenvalue weighted by molar-refractivity contribution is 0.414. The standard InChI is InChI=1S/C62H48N4O4S2/c1-67-49-31-23-43(24-32-49)55(44-25-33-50(68-2)34-26-44)53(39-11-7-5-8-12-39)41-15-19-47(20-16-41)57-59-61(65-71-63-59)58(62-60(57)64-72-66-62)48-21-17-42(18-22-48)54(40-13-9-6-10-14-40)56(45-27-35-51(69-3)36-28-45)46-29-37-52(70-4)38-30-46/h5-38,59,61H,1-4H3. The molecule has 2 heterocycles. The summed E-state index contributed by atoms with van der Waals surface area (Å²) < 4.78 is 42.5. The molecule has 0 N–H and O–H groups in total. The van der Waals surface area contributed by atoms with Crippen LogP contribution in [-0.4, -0.2) is 40.5 Å². The molecule has 0 saturated carbocycles. The number of hydrogen-bond acceptors (Lipinski definition) is 8. The first-order valence-electron chi connectivity index (χ1n) is 23.6. The predicted molar refractivity (Wildman–Crippen MR) is 294 cm³/mol. The van der Waals surface area contributed by atoms with Crippen molar-refractivity contribution in [3.05, 3.63) is 273 Å². The first-order chi connectivity index (χ1) is 35.5. The Morgan fingerprint density at radius 2 is 0.556 bits per heavy atom. The Hall–Kier alpha value is -8.44. The van der Waals surface area contributed by atoms with E-state index in [4.69, 9.17) is 36.4 Å². The molecule has 1 aliphatic carbocycles. The maximum atomic E-state index is 5.57. The minimum Gasteiger partial charge on any atom is -0.497 e. The highest BCUT2D eigenvalue weighted by molar-refractivity contribution is 7.58. The lowest BCUT2D eigenvalue weighted by Crippen LogP contribution is -2.28. The third-order valence-corrected chi connectivity index (χ3v) is 14.5. The van der Waals surface area contributed by atoms with E-state index >= 15 is 0 Å². The van der Waals surface area contributed by atoms with Gasteiger partial charge in [-0.25, -0.2) is 8.73 Å². The van der Waals surface area contributed by atoms with Gasteiger partial charge < -0.3 is 18.9 Å². The second-order valence-electron chi connectivity index (χ2n) is 17.3. The number of benzene rings is 8. The number of fused-ring (bicyclic) bond motifs is 2. The summed E-state index contributed by atoms with van der Waals surface area (Å²) in [5.74, 6) is 3.19. The SMILES string of the molecule is COc1ccc(C(=C(c2ccccc2)c2ccc(C3=C4N=S=NC4=C(c4ccc(C(=C(c5ccc(OC)cc5)c5ccc(OC)cc5)c5ccccc5)cc4)C4N=S=NC34)cc2)c2ccc(OC)cc2)cc1. The van der Waals surface area contributed by atoms with Crippen LogP contribution in [-0.2, 0) is 22.7 Å². The molecule has 8 aromatic rings. The molecule has 10 heteroatoms. The Bertz CT molecular complexity index is 3240. The Morgan fingerprint density at radius 1 is 0.306 bits per heavy atom. The molecule has 0 bridgehead atoms. The fourth-order valence-corrected chi connectivity index (χ4v) is 11.1. The molecule has 2 aliphatic heterocycles. The van der Waals surface area contributed by atoms with Crippen LogP contribution in [0.15, 0.2) is 235 Å². The summed E-state index contributed by atoms with van der Waals surface area (Å²) in [5, 5.41) is 0. The average Bonchev–Trinajstić information content (AvgIpc) is 4.15. The van der Waals surface area contributed by atoms with Gasteiger partial charge in [0.2, 0.25) is 0 Å². The quantitative estimate of drug-likeness (QED) is 0.102. The number of hydrogen-bond donors (Lipinski definition) is 0. The highest BCUT2D eigenvalue weighted by Gasteiger charge is 2.42. The summed E-state index contributed by atoms with van der Waals surface area (Å²) in [6.45, 7) is 0. The van der Waals surface area contributed by atoms with Gasteiger partial charge in [-0.2, -0.15) is 8.73 Å². The number of ether oxygens (including phenoxy) is 4. The Balaban J connectivity index is 1.02. The Kier molecular flexibility index (Phi) is 13.1. The Labute approximate surface area is 427 Å². The van der Waals surface area contributed by atoms with Gasteiger partial charge in [-0.3, -0.25) is 0 Å². The lowest BCUT2D eigenvalue weighted by Gasteiger charge is -2.28. The van der Waals surface area contributed by atoms with Crippen LogP contribution >= 0.6 is 0 Å². The summed E-state index contributed by atoms with van der Waals surface area (Å²) in [7, 11) is 6.76. The Morgan fingerprint density at radius 3 is 0.819 bits per heavy atom. The second-order valence-corrected chi connectivity index (χ2v) is 18.4. The maximum absolute atomic E-state index is 5.57. The van der Waals surface area contributed by atoms with Crippen LogP contribution < -0.4 is 18.9 Å². The van der Waals surface area contributed by atoms with Crippen LogP contribution in [0, 0.1) is 0 Å².